The summed E-state index contributed by atoms with van der Waals surface area (Å²) in [6, 6.07) is 72.4. The first-order valence-corrected chi connectivity index (χ1v) is 20.7. The highest BCUT2D eigenvalue weighted by Crippen LogP contribution is 2.43. The Hall–Kier alpha value is -8.70. The molecule has 0 saturated heterocycles. The minimum Gasteiger partial charge on any atom is -0.227 e. The van der Waals surface area contributed by atoms with Crippen molar-refractivity contribution < 1.29 is 0 Å². The molecule has 0 N–H and O–H groups in total. The molecular weight excluding hydrogens is 753 g/mol. The van der Waals surface area contributed by atoms with E-state index in [1.54, 1.807) is 6.07 Å². The molecule has 0 fully saturated rings. The number of nitriles is 2. The molecule has 1 heterocycles. The van der Waals surface area contributed by atoms with Crippen LogP contribution in [-0.2, 0) is 0 Å². The summed E-state index contributed by atoms with van der Waals surface area (Å²) in [5.41, 5.74) is 8.18. The van der Waals surface area contributed by atoms with Gasteiger partial charge in [0, 0.05) is 22.1 Å². The van der Waals surface area contributed by atoms with Crippen LogP contribution in [0.15, 0.2) is 194 Å². The van der Waals surface area contributed by atoms with E-state index in [9.17, 15) is 10.5 Å². The molecular formula is C58H32N4. The topological polar surface area (TPSA) is 73.4 Å². The summed E-state index contributed by atoms with van der Waals surface area (Å²) in [7, 11) is 0. The van der Waals surface area contributed by atoms with Crippen molar-refractivity contribution in [2.45, 2.75) is 0 Å². The Morgan fingerprint density at radius 3 is 1.23 bits per heavy atom. The Labute approximate surface area is 356 Å². The van der Waals surface area contributed by atoms with Gasteiger partial charge in [0.2, 0.25) is 0 Å². The highest BCUT2D eigenvalue weighted by atomic mass is 14.9. The van der Waals surface area contributed by atoms with Gasteiger partial charge in [-0.05, 0) is 130 Å². The van der Waals surface area contributed by atoms with Gasteiger partial charge in [0.25, 0.3) is 0 Å². The minimum atomic E-state index is 0.502. The first kappa shape index (κ1) is 35.3. The zero-order chi connectivity index (χ0) is 41.3. The van der Waals surface area contributed by atoms with Crippen molar-refractivity contribution in [2.24, 2.45) is 0 Å². The van der Waals surface area contributed by atoms with Gasteiger partial charge < -0.3 is 0 Å². The van der Waals surface area contributed by atoms with E-state index in [-0.39, 0.29) is 0 Å². The molecule has 0 saturated carbocycles. The van der Waals surface area contributed by atoms with Gasteiger partial charge in [0.1, 0.15) is 0 Å². The summed E-state index contributed by atoms with van der Waals surface area (Å²) in [6.07, 6.45) is 0. The molecule has 0 atom stereocenters. The standard InChI is InChI=1S/C58H32N4/c59-33-35-11-9-13-39(27-35)56-55-32-41(37-23-25-50-46-19-3-1-15-42(46)44-17-5-7-21-48(44)53(50)29-37)31-52(57(55)62-58(61-56)40-14-10-12-36(28-40)34-60)38-24-26-51-47-20-4-2-16-43(47)45-18-6-8-22-49(45)54(51)30-38/h1-32H. The van der Waals surface area contributed by atoms with E-state index in [0.717, 1.165) is 49.7 Å². The predicted molar refractivity (Wildman–Crippen MR) is 256 cm³/mol. The second-order valence-electron chi connectivity index (χ2n) is 15.9. The van der Waals surface area contributed by atoms with Crippen molar-refractivity contribution in [1.82, 2.24) is 9.97 Å². The fourth-order valence-electron chi connectivity index (χ4n) is 9.59. The number of aromatic nitrogens is 2. The molecule has 0 spiro atoms. The van der Waals surface area contributed by atoms with Gasteiger partial charge in [-0.25, -0.2) is 9.97 Å². The van der Waals surface area contributed by atoms with Crippen LogP contribution in [0.2, 0.25) is 0 Å². The number of fused-ring (bicyclic) bond motifs is 13. The number of hydrogen-bond donors (Lipinski definition) is 0. The molecule has 4 nitrogen and oxygen atoms in total. The summed E-state index contributed by atoms with van der Waals surface area (Å²) in [5, 5.41) is 35.3. The Morgan fingerprint density at radius 1 is 0.290 bits per heavy atom. The summed E-state index contributed by atoms with van der Waals surface area (Å²) >= 11 is 0. The van der Waals surface area contributed by atoms with Crippen molar-refractivity contribution in [2.75, 3.05) is 0 Å². The van der Waals surface area contributed by atoms with E-state index in [0.29, 0.717) is 22.6 Å². The minimum absolute atomic E-state index is 0.502. The molecule has 1 aromatic heterocycles. The zero-order valence-electron chi connectivity index (χ0n) is 33.3. The number of benzene rings is 11. The van der Waals surface area contributed by atoms with Crippen molar-refractivity contribution in [1.29, 1.82) is 10.5 Å². The molecule has 0 aliphatic heterocycles. The van der Waals surface area contributed by atoms with Crippen LogP contribution in [0, 0.1) is 22.7 Å². The molecule has 0 aliphatic carbocycles. The average molecular weight is 785 g/mol. The third-order valence-electron chi connectivity index (χ3n) is 12.4. The molecule has 11 aromatic carbocycles. The summed E-state index contributed by atoms with van der Waals surface area (Å²) in [5.74, 6) is 0.502. The molecule has 0 bridgehead atoms. The monoisotopic (exact) mass is 784 g/mol. The lowest BCUT2D eigenvalue weighted by atomic mass is 9.88. The van der Waals surface area contributed by atoms with E-state index in [2.05, 4.69) is 158 Å². The van der Waals surface area contributed by atoms with Crippen LogP contribution in [0.25, 0.3) is 120 Å². The summed E-state index contributed by atoms with van der Waals surface area (Å²) in [4.78, 5) is 10.7. The zero-order valence-corrected chi connectivity index (χ0v) is 33.3. The Kier molecular flexibility index (Phi) is 7.94. The lowest BCUT2D eigenvalue weighted by Crippen LogP contribution is -1.98. The van der Waals surface area contributed by atoms with Gasteiger partial charge in [-0.1, -0.05) is 146 Å². The molecule has 12 aromatic rings. The van der Waals surface area contributed by atoms with Crippen LogP contribution in [0.3, 0.4) is 0 Å². The number of hydrogen-bond acceptors (Lipinski definition) is 4. The molecule has 0 amide bonds. The smallest absolute Gasteiger partial charge is 0.160 e. The molecule has 0 radical (unpaired) electrons. The van der Waals surface area contributed by atoms with Gasteiger partial charge in [-0.2, -0.15) is 10.5 Å². The fourth-order valence-corrected chi connectivity index (χ4v) is 9.59. The van der Waals surface area contributed by atoms with Crippen LogP contribution < -0.4 is 0 Å². The van der Waals surface area contributed by atoms with Crippen LogP contribution in [0.1, 0.15) is 11.1 Å². The first-order chi connectivity index (χ1) is 30.6. The van der Waals surface area contributed by atoms with E-state index in [1.165, 1.54) is 59.2 Å². The number of nitrogens with zero attached hydrogens (tertiary/aromatic N) is 4. The first-order valence-electron chi connectivity index (χ1n) is 20.7. The van der Waals surface area contributed by atoms with Gasteiger partial charge in [-0.15, -0.1) is 0 Å². The largest absolute Gasteiger partial charge is 0.227 e. The van der Waals surface area contributed by atoms with E-state index in [1.807, 2.05) is 42.5 Å². The molecule has 284 valence electrons. The third-order valence-corrected chi connectivity index (χ3v) is 12.4. The van der Waals surface area contributed by atoms with Gasteiger partial charge in [-0.3, -0.25) is 0 Å². The van der Waals surface area contributed by atoms with Gasteiger partial charge in [0.05, 0.1) is 34.5 Å². The van der Waals surface area contributed by atoms with Gasteiger partial charge in [0.15, 0.2) is 5.82 Å². The van der Waals surface area contributed by atoms with Crippen molar-refractivity contribution >= 4 is 75.5 Å². The van der Waals surface area contributed by atoms with Crippen LogP contribution in [0.5, 0.6) is 0 Å². The Balaban J connectivity index is 1.20. The lowest BCUT2D eigenvalue weighted by molar-refractivity contribution is 1.23. The van der Waals surface area contributed by atoms with Gasteiger partial charge >= 0.3 is 0 Å². The van der Waals surface area contributed by atoms with Crippen molar-refractivity contribution in [3.63, 3.8) is 0 Å². The molecule has 12 rings (SSSR count). The quantitative estimate of drug-likeness (QED) is 0.167. The summed E-state index contributed by atoms with van der Waals surface area (Å²) < 4.78 is 0. The SMILES string of the molecule is N#Cc1cccc(-c2nc(-c3cccc(C#N)c3)c3cc(-c4ccc5c6ccccc6c6ccccc6c5c4)cc(-c4ccc5c6ccccc6c6ccccc6c5c4)c3n2)c1. The van der Waals surface area contributed by atoms with Crippen LogP contribution in [0.4, 0.5) is 0 Å². The average Bonchev–Trinajstić information content (AvgIpc) is 3.35. The maximum Gasteiger partial charge on any atom is 0.160 e. The highest BCUT2D eigenvalue weighted by Gasteiger charge is 2.20. The van der Waals surface area contributed by atoms with E-state index < -0.39 is 0 Å². The summed E-state index contributed by atoms with van der Waals surface area (Å²) in [6.45, 7) is 0. The number of rotatable bonds is 4. The van der Waals surface area contributed by atoms with E-state index in [4.69, 9.17) is 9.97 Å². The highest BCUT2D eigenvalue weighted by molar-refractivity contribution is 6.27. The Bertz CT molecular complexity index is 3890. The second-order valence-corrected chi connectivity index (χ2v) is 15.9. The second kappa shape index (κ2) is 14.0. The lowest BCUT2D eigenvalue weighted by Gasteiger charge is -2.17. The van der Waals surface area contributed by atoms with E-state index >= 15 is 0 Å². The predicted octanol–water partition coefficient (Wildman–Crippen LogP) is 15.0. The maximum absolute atomic E-state index is 10.0. The fraction of sp³-hybridized carbons (Fsp3) is 0. The van der Waals surface area contributed by atoms with Crippen molar-refractivity contribution in [3.8, 4) is 57.0 Å². The normalized spacial score (nSPS) is 11.5. The molecule has 4 heteroatoms. The van der Waals surface area contributed by atoms with Crippen LogP contribution >= 0.6 is 0 Å². The molecule has 0 unspecified atom stereocenters. The maximum atomic E-state index is 10.0. The third kappa shape index (κ3) is 5.52. The Morgan fingerprint density at radius 2 is 0.710 bits per heavy atom. The van der Waals surface area contributed by atoms with Crippen LogP contribution in [-0.4, -0.2) is 9.97 Å². The van der Waals surface area contributed by atoms with Crippen molar-refractivity contribution in [3.05, 3.63) is 205 Å². The molecule has 0 aliphatic rings. The molecule has 62 heavy (non-hydrogen) atoms.